The highest BCUT2D eigenvalue weighted by molar-refractivity contribution is 5.99. The fourth-order valence-electron chi connectivity index (χ4n) is 3.36. The van der Waals surface area contributed by atoms with Crippen molar-refractivity contribution in [3.05, 3.63) is 72.4 Å². The number of nitrogens with one attached hydrogen (secondary N) is 1. The van der Waals surface area contributed by atoms with Crippen molar-refractivity contribution in [3.63, 3.8) is 0 Å². The molecule has 140 valence electrons. The molecule has 1 aliphatic rings. The Morgan fingerprint density at radius 1 is 1.14 bits per heavy atom. The van der Waals surface area contributed by atoms with Crippen LogP contribution in [0.15, 0.2) is 61.2 Å². The van der Waals surface area contributed by atoms with Gasteiger partial charge >= 0.3 is 0 Å². The second kappa shape index (κ2) is 6.92. The molecule has 0 aliphatic heterocycles. The molecule has 4 aromatic rings. The number of fused-ring (bicyclic) bond motifs is 1. The number of hydrogen-bond donors (Lipinski definition) is 1. The number of nitrogens with zero attached hydrogens (tertiary/aromatic N) is 5. The van der Waals surface area contributed by atoms with Crippen LogP contribution in [0.1, 0.15) is 28.9 Å². The van der Waals surface area contributed by atoms with Crippen LogP contribution in [-0.2, 0) is 13.1 Å². The Kier molecular flexibility index (Phi) is 4.12. The monoisotopic (exact) mass is 372 g/mol. The normalized spacial score (nSPS) is 13.7. The summed E-state index contributed by atoms with van der Waals surface area (Å²) in [4.78, 5) is 21.7. The first-order chi connectivity index (χ1) is 13.8. The molecule has 1 aromatic carbocycles. The van der Waals surface area contributed by atoms with E-state index in [1.165, 1.54) is 12.8 Å². The Morgan fingerprint density at radius 2 is 2.00 bits per heavy atom. The minimum Gasteiger partial charge on any atom is -0.347 e. The van der Waals surface area contributed by atoms with E-state index in [0.29, 0.717) is 29.5 Å². The molecule has 0 saturated heterocycles. The maximum absolute atomic E-state index is 12.9. The lowest BCUT2D eigenvalue weighted by Gasteiger charge is -2.05. The first kappa shape index (κ1) is 16.7. The van der Waals surface area contributed by atoms with Crippen LogP contribution in [0.2, 0.25) is 0 Å². The number of hydrogen-bond acceptors (Lipinski definition) is 4. The molecule has 7 nitrogen and oxygen atoms in total. The summed E-state index contributed by atoms with van der Waals surface area (Å²) in [6.07, 6.45) is 9.49. The molecule has 1 fully saturated rings. The van der Waals surface area contributed by atoms with Crippen LogP contribution in [0.5, 0.6) is 0 Å². The van der Waals surface area contributed by atoms with Crippen molar-refractivity contribution < 1.29 is 4.79 Å². The topological polar surface area (TPSA) is 77.1 Å². The van der Waals surface area contributed by atoms with Crippen molar-refractivity contribution in [2.75, 3.05) is 0 Å². The molecular weight excluding hydrogens is 352 g/mol. The smallest absolute Gasteiger partial charge is 0.272 e. The zero-order valence-electron chi connectivity index (χ0n) is 15.3. The van der Waals surface area contributed by atoms with Crippen molar-refractivity contribution in [1.29, 1.82) is 0 Å². The number of carbonyl (C=O) groups excluding carboxylic acids is 1. The third-order valence-corrected chi connectivity index (χ3v) is 5.03. The predicted octanol–water partition coefficient (Wildman–Crippen LogP) is 2.93. The molecule has 1 saturated carbocycles. The third kappa shape index (κ3) is 3.15. The molecule has 28 heavy (non-hydrogen) atoms. The van der Waals surface area contributed by atoms with Crippen molar-refractivity contribution >= 4 is 11.4 Å². The average Bonchev–Trinajstić information content (AvgIpc) is 3.30. The highest BCUT2D eigenvalue weighted by atomic mass is 16.1. The van der Waals surface area contributed by atoms with Crippen molar-refractivity contribution in [2.24, 2.45) is 5.92 Å². The molecule has 1 N–H and O–H groups in total. The van der Waals surface area contributed by atoms with Crippen LogP contribution >= 0.6 is 0 Å². The fraction of sp³-hybridized carbons (Fsp3) is 0.238. The fourth-order valence-corrected chi connectivity index (χ4v) is 3.36. The highest BCUT2D eigenvalue weighted by Crippen LogP contribution is 2.32. The number of imidazole rings is 1. The second-order valence-corrected chi connectivity index (χ2v) is 7.13. The molecule has 1 aliphatic carbocycles. The first-order valence-electron chi connectivity index (χ1n) is 9.46. The molecule has 0 unspecified atom stereocenters. The summed E-state index contributed by atoms with van der Waals surface area (Å²) in [6, 6.07) is 11.8. The molecule has 7 heteroatoms. The van der Waals surface area contributed by atoms with Crippen molar-refractivity contribution in [1.82, 2.24) is 29.5 Å². The molecule has 0 spiro atoms. The molecule has 5 rings (SSSR count). The zero-order valence-corrected chi connectivity index (χ0v) is 15.3. The van der Waals surface area contributed by atoms with E-state index in [1.807, 2.05) is 51.7 Å². The minimum atomic E-state index is -0.214. The van der Waals surface area contributed by atoms with Crippen LogP contribution in [-0.4, -0.2) is 30.1 Å². The Bertz CT molecular complexity index is 1130. The molecule has 0 radical (unpaired) electrons. The standard InChI is InChI=1S/C21H20N6O/c28-21(23-12-15-4-2-1-3-5-15)19-18-13-22-10-11-26(18)20(25-19)17-8-9-24-27(17)14-16-6-7-16/h1-5,8-11,13,16H,6-7,12,14H2,(H,23,28). The lowest BCUT2D eigenvalue weighted by Crippen LogP contribution is -2.23. The van der Waals surface area contributed by atoms with E-state index in [2.05, 4.69) is 20.4 Å². The quantitative estimate of drug-likeness (QED) is 0.565. The van der Waals surface area contributed by atoms with Crippen molar-refractivity contribution in [2.45, 2.75) is 25.9 Å². The molecular formula is C21H20N6O. The van der Waals surface area contributed by atoms with Gasteiger partial charge in [0.05, 0.1) is 11.7 Å². The summed E-state index contributed by atoms with van der Waals surface area (Å²) in [7, 11) is 0. The van der Waals surface area contributed by atoms with Crippen LogP contribution in [0.3, 0.4) is 0 Å². The van der Waals surface area contributed by atoms with Gasteiger partial charge in [0.1, 0.15) is 5.69 Å². The Balaban J connectivity index is 1.48. The molecule has 3 aromatic heterocycles. The van der Waals surface area contributed by atoms with Gasteiger partial charge in [-0.3, -0.25) is 18.9 Å². The molecule has 3 heterocycles. The number of carbonyl (C=O) groups is 1. The molecule has 1 amide bonds. The Morgan fingerprint density at radius 3 is 2.82 bits per heavy atom. The summed E-state index contributed by atoms with van der Waals surface area (Å²) >= 11 is 0. The van der Waals surface area contributed by atoms with Gasteiger partial charge in [0.2, 0.25) is 0 Å². The summed E-state index contributed by atoms with van der Waals surface area (Å²) in [6.45, 7) is 1.34. The lowest BCUT2D eigenvalue weighted by atomic mass is 10.2. The van der Waals surface area contributed by atoms with Crippen LogP contribution in [0.4, 0.5) is 0 Å². The SMILES string of the molecule is O=C(NCc1ccccc1)c1nc(-c2ccnn2CC2CC2)n2ccncc12. The number of rotatable bonds is 6. The summed E-state index contributed by atoms with van der Waals surface area (Å²) in [5, 5.41) is 7.41. The lowest BCUT2D eigenvalue weighted by molar-refractivity contribution is 0.0948. The maximum Gasteiger partial charge on any atom is 0.272 e. The predicted molar refractivity (Wildman–Crippen MR) is 105 cm³/mol. The van der Waals surface area contributed by atoms with Gasteiger partial charge in [-0.1, -0.05) is 30.3 Å². The van der Waals surface area contributed by atoms with Crippen LogP contribution in [0.25, 0.3) is 17.0 Å². The van der Waals surface area contributed by atoms with Gasteiger partial charge in [-0.15, -0.1) is 0 Å². The number of benzene rings is 1. The van der Waals surface area contributed by atoms with Gasteiger partial charge in [-0.25, -0.2) is 4.98 Å². The zero-order chi connectivity index (χ0) is 18.9. The number of amides is 1. The van der Waals surface area contributed by atoms with Gasteiger partial charge in [-0.05, 0) is 30.4 Å². The van der Waals surface area contributed by atoms with Crippen molar-refractivity contribution in [3.8, 4) is 11.5 Å². The summed E-state index contributed by atoms with van der Waals surface area (Å²) in [5.41, 5.74) is 3.01. The number of aromatic nitrogens is 5. The second-order valence-electron chi connectivity index (χ2n) is 7.13. The third-order valence-electron chi connectivity index (χ3n) is 5.03. The van der Waals surface area contributed by atoms with Gasteiger partial charge < -0.3 is 5.32 Å². The maximum atomic E-state index is 12.9. The van der Waals surface area contributed by atoms with E-state index in [1.54, 1.807) is 18.6 Å². The van der Waals surface area contributed by atoms with E-state index < -0.39 is 0 Å². The van der Waals surface area contributed by atoms with E-state index >= 15 is 0 Å². The highest BCUT2D eigenvalue weighted by Gasteiger charge is 2.25. The van der Waals surface area contributed by atoms with E-state index in [0.717, 1.165) is 17.8 Å². The Hall–Kier alpha value is -3.48. The van der Waals surface area contributed by atoms with Gasteiger partial charge in [0.15, 0.2) is 11.5 Å². The van der Waals surface area contributed by atoms with E-state index in [4.69, 9.17) is 0 Å². The van der Waals surface area contributed by atoms with Crippen LogP contribution in [0, 0.1) is 5.92 Å². The molecule has 0 atom stereocenters. The Labute approximate surface area is 162 Å². The minimum absolute atomic E-state index is 0.214. The largest absolute Gasteiger partial charge is 0.347 e. The van der Waals surface area contributed by atoms with E-state index in [-0.39, 0.29) is 5.91 Å². The molecule has 0 bridgehead atoms. The average molecular weight is 372 g/mol. The summed E-state index contributed by atoms with van der Waals surface area (Å²) < 4.78 is 3.89. The van der Waals surface area contributed by atoms with Crippen LogP contribution < -0.4 is 5.32 Å². The first-order valence-corrected chi connectivity index (χ1v) is 9.46. The van der Waals surface area contributed by atoms with E-state index in [9.17, 15) is 4.79 Å². The summed E-state index contributed by atoms with van der Waals surface area (Å²) in [5.74, 6) is 1.19. The van der Waals surface area contributed by atoms with Gasteiger partial charge in [0, 0.05) is 31.7 Å². The van der Waals surface area contributed by atoms with Gasteiger partial charge in [0.25, 0.3) is 5.91 Å². The van der Waals surface area contributed by atoms with Gasteiger partial charge in [-0.2, -0.15) is 5.10 Å².